The summed E-state index contributed by atoms with van der Waals surface area (Å²) in [5.41, 5.74) is 0.669. The first-order chi connectivity index (χ1) is 8.43. The second-order valence-electron chi connectivity index (χ2n) is 4.64. The third-order valence-electron chi connectivity index (χ3n) is 3.13. The Labute approximate surface area is 108 Å². The van der Waals surface area contributed by atoms with Gasteiger partial charge in [-0.2, -0.15) is 0 Å². The highest BCUT2D eigenvalue weighted by Gasteiger charge is 2.27. The molecule has 1 saturated heterocycles. The smallest absolute Gasteiger partial charge is 0.244 e. The molecule has 1 unspecified atom stereocenters. The zero-order chi connectivity index (χ0) is 13.3. The lowest BCUT2D eigenvalue weighted by Crippen LogP contribution is -2.27. The SMILES string of the molecule is CN(C)S(=O)(=O)c1ccccc1N1CCC(O)C1. The van der Waals surface area contributed by atoms with Gasteiger partial charge in [-0.05, 0) is 18.6 Å². The third kappa shape index (κ3) is 2.36. The van der Waals surface area contributed by atoms with Crippen LogP contribution >= 0.6 is 0 Å². The summed E-state index contributed by atoms with van der Waals surface area (Å²) in [7, 11) is -0.415. The maximum Gasteiger partial charge on any atom is 0.244 e. The number of para-hydroxylation sites is 1. The van der Waals surface area contributed by atoms with Gasteiger partial charge in [-0.25, -0.2) is 12.7 Å². The average Bonchev–Trinajstić information content (AvgIpc) is 2.75. The summed E-state index contributed by atoms with van der Waals surface area (Å²) in [6.07, 6.45) is 0.302. The molecule has 1 heterocycles. The van der Waals surface area contributed by atoms with Crippen molar-refractivity contribution in [3.8, 4) is 0 Å². The van der Waals surface area contributed by atoms with Crippen LogP contribution in [0, 0.1) is 0 Å². The molecule has 1 aromatic carbocycles. The number of β-amino-alcohol motifs (C(OH)–C–C–N with tert-alkyl or cyclic N) is 1. The van der Waals surface area contributed by atoms with Crippen LogP contribution in [-0.2, 0) is 10.0 Å². The second kappa shape index (κ2) is 4.87. The first-order valence-corrected chi connectivity index (χ1v) is 7.31. The minimum atomic E-state index is -3.45. The van der Waals surface area contributed by atoms with Crippen molar-refractivity contribution in [3.63, 3.8) is 0 Å². The van der Waals surface area contributed by atoms with Gasteiger partial charge >= 0.3 is 0 Å². The van der Waals surface area contributed by atoms with Crippen molar-refractivity contribution in [3.05, 3.63) is 24.3 Å². The first kappa shape index (κ1) is 13.3. The van der Waals surface area contributed by atoms with Crippen LogP contribution in [0.15, 0.2) is 29.2 Å². The number of anilines is 1. The van der Waals surface area contributed by atoms with Crippen molar-refractivity contribution in [1.29, 1.82) is 0 Å². The van der Waals surface area contributed by atoms with Gasteiger partial charge in [0, 0.05) is 27.2 Å². The topological polar surface area (TPSA) is 60.9 Å². The summed E-state index contributed by atoms with van der Waals surface area (Å²) in [6, 6.07) is 6.92. The van der Waals surface area contributed by atoms with Crippen LogP contribution in [0.2, 0.25) is 0 Å². The zero-order valence-corrected chi connectivity index (χ0v) is 11.4. The molecular formula is C12H18N2O3S. The highest BCUT2D eigenvalue weighted by Crippen LogP contribution is 2.29. The maximum absolute atomic E-state index is 12.2. The molecule has 100 valence electrons. The van der Waals surface area contributed by atoms with Crippen molar-refractivity contribution in [2.75, 3.05) is 32.1 Å². The van der Waals surface area contributed by atoms with E-state index in [4.69, 9.17) is 0 Å². The third-order valence-corrected chi connectivity index (χ3v) is 4.99. The van der Waals surface area contributed by atoms with Crippen molar-refractivity contribution in [2.45, 2.75) is 17.4 Å². The monoisotopic (exact) mass is 270 g/mol. The molecule has 1 N–H and O–H groups in total. The number of hydrogen-bond donors (Lipinski definition) is 1. The summed E-state index contributed by atoms with van der Waals surface area (Å²) in [5.74, 6) is 0. The number of sulfonamides is 1. The zero-order valence-electron chi connectivity index (χ0n) is 10.6. The maximum atomic E-state index is 12.2. The van der Waals surface area contributed by atoms with Crippen molar-refractivity contribution >= 4 is 15.7 Å². The predicted octanol–water partition coefficient (Wildman–Crippen LogP) is 0.508. The molecule has 0 bridgehead atoms. The van der Waals surface area contributed by atoms with Gasteiger partial charge in [0.25, 0.3) is 0 Å². The fourth-order valence-electron chi connectivity index (χ4n) is 2.09. The molecule has 2 rings (SSSR count). The van der Waals surface area contributed by atoms with Crippen LogP contribution in [0.3, 0.4) is 0 Å². The van der Waals surface area contributed by atoms with Gasteiger partial charge in [-0.1, -0.05) is 12.1 Å². The minimum Gasteiger partial charge on any atom is -0.391 e. The van der Waals surface area contributed by atoms with E-state index in [1.807, 2.05) is 11.0 Å². The van der Waals surface area contributed by atoms with Crippen LogP contribution in [0.1, 0.15) is 6.42 Å². The Balaban J connectivity index is 2.44. The largest absolute Gasteiger partial charge is 0.391 e. The molecule has 0 amide bonds. The first-order valence-electron chi connectivity index (χ1n) is 5.87. The highest BCUT2D eigenvalue weighted by molar-refractivity contribution is 7.89. The number of hydrogen-bond acceptors (Lipinski definition) is 4. The fourth-order valence-corrected chi connectivity index (χ4v) is 3.20. The molecule has 0 saturated carbocycles. The average molecular weight is 270 g/mol. The second-order valence-corrected chi connectivity index (χ2v) is 6.76. The molecule has 1 aliphatic heterocycles. The molecule has 5 nitrogen and oxygen atoms in total. The van der Waals surface area contributed by atoms with Gasteiger partial charge in [-0.15, -0.1) is 0 Å². The van der Waals surface area contributed by atoms with Gasteiger partial charge < -0.3 is 10.0 Å². The molecule has 0 aliphatic carbocycles. The van der Waals surface area contributed by atoms with Crippen LogP contribution in [-0.4, -0.2) is 51.1 Å². The summed E-state index contributed by atoms with van der Waals surface area (Å²) in [4.78, 5) is 2.21. The highest BCUT2D eigenvalue weighted by atomic mass is 32.2. The van der Waals surface area contributed by atoms with Crippen LogP contribution in [0.25, 0.3) is 0 Å². The van der Waals surface area contributed by atoms with Crippen LogP contribution in [0.5, 0.6) is 0 Å². The number of rotatable bonds is 3. The normalized spacial score (nSPS) is 20.7. The Bertz CT molecular complexity index is 528. The van der Waals surface area contributed by atoms with Gasteiger partial charge in [0.15, 0.2) is 0 Å². The van der Waals surface area contributed by atoms with E-state index in [1.54, 1.807) is 18.2 Å². The predicted molar refractivity (Wildman–Crippen MR) is 70.2 cm³/mol. The van der Waals surface area contributed by atoms with Crippen LogP contribution in [0.4, 0.5) is 5.69 Å². The van der Waals surface area contributed by atoms with Gasteiger partial charge in [0.2, 0.25) is 10.0 Å². The van der Waals surface area contributed by atoms with Crippen LogP contribution < -0.4 is 4.90 Å². The minimum absolute atomic E-state index is 0.295. The number of aliphatic hydroxyl groups excluding tert-OH is 1. The van der Waals surface area contributed by atoms with E-state index < -0.39 is 10.0 Å². The Morgan fingerprint density at radius 3 is 2.56 bits per heavy atom. The van der Waals surface area contributed by atoms with Gasteiger partial charge in [0.05, 0.1) is 11.8 Å². The summed E-state index contributed by atoms with van der Waals surface area (Å²) < 4.78 is 25.7. The molecule has 0 aromatic heterocycles. The van der Waals surface area contributed by atoms with E-state index >= 15 is 0 Å². The molecule has 0 radical (unpaired) electrons. The van der Waals surface area contributed by atoms with E-state index in [1.165, 1.54) is 18.4 Å². The molecule has 6 heteroatoms. The lowest BCUT2D eigenvalue weighted by Gasteiger charge is -2.22. The van der Waals surface area contributed by atoms with Crippen molar-refractivity contribution in [2.24, 2.45) is 0 Å². The van der Waals surface area contributed by atoms with Gasteiger partial charge in [-0.3, -0.25) is 0 Å². The lowest BCUT2D eigenvalue weighted by atomic mass is 10.3. The standard InChI is InChI=1S/C12H18N2O3S/c1-13(2)18(16,17)12-6-4-3-5-11(12)14-8-7-10(15)9-14/h3-6,10,15H,7-9H2,1-2H3. The van der Waals surface area contributed by atoms with E-state index in [2.05, 4.69) is 0 Å². The molecule has 1 atom stereocenters. The number of aliphatic hydroxyl groups is 1. The summed E-state index contributed by atoms with van der Waals surface area (Å²) in [6.45, 7) is 1.17. The molecule has 1 fully saturated rings. The lowest BCUT2D eigenvalue weighted by molar-refractivity contribution is 0.198. The Hall–Kier alpha value is -1.11. The number of nitrogens with zero attached hydrogens (tertiary/aromatic N) is 2. The molecule has 1 aromatic rings. The molecule has 1 aliphatic rings. The molecular weight excluding hydrogens is 252 g/mol. The molecule has 0 spiro atoms. The Morgan fingerprint density at radius 1 is 1.33 bits per heavy atom. The van der Waals surface area contributed by atoms with E-state index in [-0.39, 0.29) is 6.10 Å². The van der Waals surface area contributed by atoms with E-state index in [0.29, 0.717) is 30.1 Å². The number of benzene rings is 1. The summed E-state index contributed by atoms with van der Waals surface area (Å²) >= 11 is 0. The Morgan fingerprint density at radius 2 is 2.00 bits per heavy atom. The van der Waals surface area contributed by atoms with E-state index in [0.717, 1.165) is 0 Å². The quantitative estimate of drug-likeness (QED) is 0.869. The fraction of sp³-hybridized carbons (Fsp3) is 0.500. The van der Waals surface area contributed by atoms with Gasteiger partial charge in [0.1, 0.15) is 4.90 Å². The van der Waals surface area contributed by atoms with Crippen molar-refractivity contribution in [1.82, 2.24) is 4.31 Å². The van der Waals surface area contributed by atoms with E-state index in [9.17, 15) is 13.5 Å². The molecule has 18 heavy (non-hydrogen) atoms. The Kier molecular flexibility index (Phi) is 3.61. The summed E-state index contributed by atoms with van der Waals surface area (Å²) in [5, 5.41) is 9.56. The van der Waals surface area contributed by atoms with Crippen molar-refractivity contribution < 1.29 is 13.5 Å².